The van der Waals surface area contributed by atoms with Gasteiger partial charge in [0.05, 0.1) is 12.7 Å². The van der Waals surface area contributed by atoms with Crippen molar-refractivity contribution in [2.45, 2.75) is 52.6 Å². The maximum absolute atomic E-state index is 6.09. The van der Waals surface area contributed by atoms with E-state index in [0.29, 0.717) is 17.9 Å². The molecule has 1 saturated heterocycles. The van der Waals surface area contributed by atoms with E-state index < -0.39 is 0 Å². The zero-order chi connectivity index (χ0) is 15.9. The minimum Gasteiger partial charge on any atom is -0.493 e. The molecular formula is C19H31NO2. The number of hydrogen-bond donors (Lipinski definition) is 1. The lowest BCUT2D eigenvalue weighted by molar-refractivity contribution is 0.108. The molecule has 1 aromatic rings. The van der Waals surface area contributed by atoms with Crippen molar-refractivity contribution in [3.63, 3.8) is 0 Å². The van der Waals surface area contributed by atoms with E-state index in [1.807, 2.05) is 0 Å². The second-order valence-electron chi connectivity index (χ2n) is 6.91. The minimum atomic E-state index is 0.414. The molecule has 0 spiro atoms. The Kier molecular flexibility index (Phi) is 6.71. The molecule has 1 N–H and O–H groups in total. The van der Waals surface area contributed by atoms with Crippen LogP contribution in [0.25, 0.3) is 0 Å². The Hall–Kier alpha value is -1.06. The van der Waals surface area contributed by atoms with Gasteiger partial charge in [0.25, 0.3) is 0 Å². The predicted molar refractivity (Wildman–Crippen MR) is 91.8 cm³/mol. The van der Waals surface area contributed by atoms with E-state index in [0.717, 1.165) is 32.1 Å². The summed E-state index contributed by atoms with van der Waals surface area (Å²) in [6.07, 6.45) is 2.81. The van der Waals surface area contributed by atoms with Gasteiger partial charge in [-0.05, 0) is 42.9 Å². The summed E-state index contributed by atoms with van der Waals surface area (Å²) in [5.74, 6) is 2.02. The van der Waals surface area contributed by atoms with Crippen molar-refractivity contribution >= 4 is 0 Å². The average Bonchev–Trinajstić information content (AvgIpc) is 2.98. The van der Waals surface area contributed by atoms with Crippen molar-refractivity contribution in [3.8, 4) is 5.75 Å². The highest BCUT2D eigenvalue weighted by Crippen LogP contribution is 2.27. The number of rotatable bonds is 8. The van der Waals surface area contributed by atoms with Gasteiger partial charge in [-0.1, -0.05) is 32.9 Å². The molecule has 1 heterocycles. The average molecular weight is 305 g/mol. The Morgan fingerprint density at radius 3 is 2.82 bits per heavy atom. The molecule has 3 nitrogen and oxygen atoms in total. The molecule has 2 rings (SSSR count). The topological polar surface area (TPSA) is 30.5 Å². The Labute approximate surface area is 135 Å². The summed E-state index contributed by atoms with van der Waals surface area (Å²) in [7, 11) is 0. The molecule has 0 amide bonds. The van der Waals surface area contributed by atoms with Crippen LogP contribution in [0.1, 0.15) is 50.7 Å². The first kappa shape index (κ1) is 17.3. The first-order valence-corrected chi connectivity index (χ1v) is 8.62. The zero-order valence-corrected chi connectivity index (χ0v) is 14.5. The van der Waals surface area contributed by atoms with Crippen LogP contribution in [0.5, 0.6) is 5.75 Å². The third-order valence-corrected chi connectivity index (χ3v) is 4.20. The zero-order valence-electron chi connectivity index (χ0n) is 14.5. The van der Waals surface area contributed by atoms with Gasteiger partial charge in [-0.15, -0.1) is 0 Å². The molecule has 2 atom stereocenters. The summed E-state index contributed by atoms with van der Waals surface area (Å²) >= 11 is 0. The van der Waals surface area contributed by atoms with E-state index in [-0.39, 0.29) is 0 Å². The van der Waals surface area contributed by atoms with Gasteiger partial charge in [0.1, 0.15) is 5.75 Å². The maximum Gasteiger partial charge on any atom is 0.123 e. The monoisotopic (exact) mass is 305 g/mol. The summed E-state index contributed by atoms with van der Waals surface area (Å²) in [6, 6.07) is 6.51. The first-order valence-electron chi connectivity index (χ1n) is 8.62. The summed E-state index contributed by atoms with van der Waals surface area (Å²) in [4.78, 5) is 0. The van der Waals surface area contributed by atoms with Crippen LogP contribution >= 0.6 is 0 Å². The van der Waals surface area contributed by atoms with Crippen LogP contribution in [0.2, 0.25) is 0 Å². The Balaban J connectivity index is 1.75. The first-order chi connectivity index (χ1) is 10.6. The molecule has 0 bridgehead atoms. The Morgan fingerprint density at radius 2 is 2.14 bits per heavy atom. The van der Waals surface area contributed by atoms with E-state index in [2.05, 4.69) is 51.2 Å². The molecule has 1 aliphatic heterocycles. The molecule has 0 aliphatic carbocycles. The lowest BCUT2D eigenvalue weighted by Gasteiger charge is -2.19. The fraction of sp³-hybridized carbons (Fsp3) is 0.684. The smallest absolute Gasteiger partial charge is 0.123 e. The quantitative estimate of drug-likeness (QED) is 0.790. The van der Waals surface area contributed by atoms with Crippen LogP contribution < -0.4 is 10.1 Å². The predicted octanol–water partition coefficient (Wildman–Crippen LogP) is 3.90. The van der Waals surface area contributed by atoms with Gasteiger partial charge < -0.3 is 14.8 Å². The molecule has 124 valence electrons. The largest absolute Gasteiger partial charge is 0.493 e. The van der Waals surface area contributed by atoms with Gasteiger partial charge >= 0.3 is 0 Å². The molecule has 1 aromatic carbocycles. The molecule has 0 radical (unpaired) electrons. The van der Waals surface area contributed by atoms with Crippen molar-refractivity contribution in [1.82, 2.24) is 5.32 Å². The maximum atomic E-state index is 6.09. The van der Waals surface area contributed by atoms with Crippen LogP contribution in [0.3, 0.4) is 0 Å². The Bertz CT molecular complexity index is 453. The highest BCUT2D eigenvalue weighted by Gasteiger charge is 2.15. The summed E-state index contributed by atoms with van der Waals surface area (Å²) in [5.41, 5.74) is 2.55. The molecule has 0 unspecified atom stereocenters. The highest BCUT2D eigenvalue weighted by molar-refractivity contribution is 5.39. The standard InChI is InChI=1S/C19H31NO2/c1-14(2)18-8-7-15(3)10-19(18)22-13-16(4)11-20-12-17-6-5-9-21-17/h7-8,10,14,16-17,20H,5-6,9,11-13H2,1-4H3/t16-,17+/m1/s1. The van der Waals surface area contributed by atoms with Crippen LogP contribution in [0, 0.1) is 12.8 Å². The van der Waals surface area contributed by atoms with Crippen molar-refractivity contribution in [3.05, 3.63) is 29.3 Å². The van der Waals surface area contributed by atoms with E-state index in [9.17, 15) is 0 Å². The number of aryl methyl sites for hydroxylation is 1. The molecule has 1 aliphatic rings. The molecule has 0 saturated carbocycles. The van der Waals surface area contributed by atoms with Crippen LogP contribution in [-0.4, -0.2) is 32.4 Å². The van der Waals surface area contributed by atoms with Gasteiger partial charge in [-0.25, -0.2) is 0 Å². The lowest BCUT2D eigenvalue weighted by atomic mass is 10.0. The fourth-order valence-corrected chi connectivity index (χ4v) is 2.83. The third kappa shape index (κ3) is 5.29. The van der Waals surface area contributed by atoms with E-state index in [1.54, 1.807) is 0 Å². The van der Waals surface area contributed by atoms with Crippen molar-refractivity contribution < 1.29 is 9.47 Å². The number of hydrogen-bond acceptors (Lipinski definition) is 3. The molecular weight excluding hydrogens is 274 g/mol. The van der Waals surface area contributed by atoms with E-state index in [4.69, 9.17) is 9.47 Å². The normalized spacial score (nSPS) is 19.6. The number of ether oxygens (including phenoxy) is 2. The fourth-order valence-electron chi connectivity index (χ4n) is 2.83. The van der Waals surface area contributed by atoms with Crippen LogP contribution in [0.4, 0.5) is 0 Å². The summed E-state index contributed by atoms with van der Waals surface area (Å²) in [6.45, 7) is 12.4. The van der Waals surface area contributed by atoms with E-state index >= 15 is 0 Å². The Morgan fingerprint density at radius 1 is 1.32 bits per heavy atom. The van der Waals surface area contributed by atoms with Gasteiger partial charge in [-0.2, -0.15) is 0 Å². The van der Waals surface area contributed by atoms with Gasteiger partial charge in [-0.3, -0.25) is 0 Å². The van der Waals surface area contributed by atoms with Crippen molar-refractivity contribution in [1.29, 1.82) is 0 Å². The SMILES string of the molecule is Cc1ccc(C(C)C)c(OC[C@H](C)CNC[C@@H]2CCCO2)c1. The molecule has 3 heteroatoms. The van der Waals surface area contributed by atoms with Crippen LogP contribution in [0.15, 0.2) is 18.2 Å². The summed E-state index contributed by atoms with van der Waals surface area (Å²) in [5, 5.41) is 3.51. The number of benzene rings is 1. The van der Waals surface area contributed by atoms with Gasteiger partial charge in [0.2, 0.25) is 0 Å². The molecule has 1 fully saturated rings. The van der Waals surface area contributed by atoms with Crippen LogP contribution in [-0.2, 0) is 4.74 Å². The number of nitrogens with one attached hydrogen (secondary N) is 1. The third-order valence-electron chi connectivity index (χ3n) is 4.20. The minimum absolute atomic E-state index is 0.414. The lowest BCUT2D eigenvalue weighted by Crippen LogP contribution is -2.31. The summed E-state index contributed by atoms with van der Waals surface area (Å²) < 4.78 is 11.7. The molecule has 22 heavy (non-hydrogen) atoms. The van der Waals surface area contributed by atoms with E-state index in [1.165, 1.54) is 24.0 Å². The molecule has 0 aromatic heterocycles. The van der Waals surface area contributed by atoms with Gasteiger partial charge in [0, 0.05) is 25.6 Å². The second kappa shape index (κ2) is 8.54. The highest BCUT2D eigenvalue weighted by atomic mass is 16.5. The van der Waals surface area contributed by atoms with Crippen molar-refractivity contribution in [2.75, 3.05) is 26.3 Å². The van der Waals surface area contributed by atoms with Gasteiger partial charge in [0.15, 0.2) is 0 Å². The van der Waals surface area contributed by atoms with Crippen molar-refractivity contribution in [2.24, 2.45) is 5.92 Å². The second-order valence-corrected chi connectivity index (χ2v) is 6.91.